The zero-order chi connectivity index (χ0) is 22.6. The van der Waals surface area contributed by atoms with Crippen molar-refractivity contribution in [1.29, 1.82) is 0 Å². The van der Waals surface area contributed by atoms with Crippen LogP contribution in [0.3, 0.4) is 0 Å². The fraction of sp³-hybridized carbons (Fsp3) is 0.458. The predicted octanol–water partition coefficient (Wildman–Crippen LogP) is 3.95. The molecule has 0 bridgehead atoms. The molecule has 0 amide bonds. The quantitative estimate of drug-likeness (QED) is 0.727. The number of hydrogen-bond acceptors (Lipinski definition) is 5. The summed E-state index contributed by atoms with van der Waals surface area (Å²) in [5, 5.41) is 10.2. The van der Waals surface area contributed by atoms with Crippen molar-refractivity contribution < 1.29 is 13.5 Å². The van der Waals surface area contributed by atoms with Gasteiger partial charge < -0.3 is 10.0 Å². The van der Waals surface area contributed by atoms with Crippen molar-refractivity contribution in [2.24, 2.45) is 0 Å². The molecule has 1 aliphatic heterocycles. The van der Waals surface area contributed by atoms with Crippen LogP contribution in [0.5, 0.6) is 0 Å². The minimum Gasteiger partial charge on any atom is -0.512 e. The Labute approximate surface area is 185 Å². The maximum atomic E-state index is 13.7. The van der Waals surface area contributed by atoms with Crippen molar-refractivity contribution in [3.63, 3.8) is 0 Å². The highest BCUT2D eigenvalue weighted by Gasteiger charge is 2.41. The minimum absolute atomic E-state index is 0.0850. The normalized spacial score (nSPS) is 26.6. The maximum absolute atomic E-state index is 13.7. The lowest BCUT2D eigenvalue weighted by Gasteiger charge is -2.43. The third-order valence-corrected chi connectivity index (χ3v) is 8.96. The molecule has 31 heavy (non-hydrogen) atoms. The van der Waals surface area contributed by atoms with Crippen LogP contribution in [0.25, 0.3) is 0 Å². The van der Waals surface area contributed by atoms with Gasteiger partial charge in [0, 0.05) is 36.8 Å². The van der Waals surface area contributed by atoms with E-state index in [0.717, 1.165) is 35.3 Å². The first kappa shape index (κ1) is 21.8. The van der Waals surface area contributed by atoms with Gasteiger partial charge in [-0.2, -0.15) is 4.31 Å². The van der Waals surface area contributed by atoms with Gasteiger partial charge in [-0.3, -0.25) is 0 Å². The summed E-state index contributed by atoms with van der Waals surface area (Å²) in [5.41, 5.74) is 2.44. The summed E-state index contributed by atoms with van der Waals surface area (Å²) in [5.74, 6) is 0.956. The highest BCUT2D eigenvalue weighted by Crippen LogP contribution is 2.43. The van der Waals surface area contributed by atoms with Crippen LogP contribution in [0.4, 0.5) is 5.82 Å². The topological polar surface area (TPSA) is 73.7 Å². The van der Waals surface area contributed by atoms with Gasteiger partial charge in [0.05, 0.1) is 10.7 Å². The van der Waals surface area contributed by atoms with Crippen molar-refractivity contribution >= 4 is 15.8 Å². The number of aryl methyl sites for hydroxylation is 2. The summed E-state index contributed by atoms with van der Waals surface area (Å²) in [6, 6.07) is 8.94. The number of pyridine rings is 1. The van der Waals surface area contributed by atoms with Gasteiger partial charge >= 0.3 is 0 Å². The number of aromatic nitrogens is 1. The molecule has 3 atom stereocenters. The van der Waals surface area contributed by atoms with E-state index in [2.05, 4.69) is 16.5 Å². The summed E-state index contributed by atoms with van der Waals surface area (Å²) in [4.78, 5) is 6.94. The van der Waals surface area contributed by atoms with E-state index in [0.29, 0.717) is 13.1 Å². The van der Waals surface area contributed by atoms with Crippen LogP contribution in [-0.2, 0) is 21.9 Å². The Morgan fingerprint density at radius 2 is 1.87 bits per heavy atom. The average molecular weight is 442 g/mol. The molecule has 1 unspecified atom stereocenters. The lowest BCUT2D eigenvalue weighted by Crippen LogP contribution is -2.58. The van der Waals surface area contributed by atoms with Gasteiger partial charge in [0.2, 0.25) is 10.0 Å². The molecule has 1 aromatic carbocycles. The smallest absolute Gasteiger partial charge is 0.243 e. The Bertz CT molecular complexity index is 1100. The van der Waals surface area contributed by atoms with Crippen LogP contribution in [0.15, 0.2) is 53.8 Å². The van der Waals surface area contributed by atoms with Crippen LogP contribution >= 0.6 is 0 Å². The van der Waals surface area contributed by atoms with E-state index in [1.807, 2.05) is 52.1 Å². The molecule has 7 heteroatoms. The van der Waals surface area contributed by atoms with E-state index in [9.17, 15) is 13.5 Å². The van der Waals surface area contributed by atoms with Gasteiger partial charge in [-0.1, -0.05) is 18.7 Å². The first-order chi connectivity index (χ1) is 14.5. The number of fused-ring (bicyclic) bond motifs is 1. The number of hydrogen-bond donors (Lipinski definition) is 1. The fourth-order valence-electron chi connectivity index (χ4n) is 5.00. The highest BCUT2D eigenvalue weighted by atomic mass is 32.2. The van der Waals surface area contributed by atoms with E-state index in [1.54, 1.807) is 16.4 Å². The van der Waals surface area contributed by atoms with Gasteiger partial charge in [0.25, 0.3) is 0 Å². The maximum Gasteiger partial charge on any atom is 0.243 e. The standard InChI is InChI=1S/C24H31N3O3S/c1-16-6-9-23(25-13-16)26-14-17(2)27(18(3)15-26)31(29,30)21-8-7-20-10-11-24(5,19(4)28)22(20)12-21/h6-9,12-13,17-18,28H,4,10-11,14-15H2,1-3,5H3/t17-,18+,24?. The summed E-state index contributed by atoms with van der Waals surface area (Å²) in [7, 11) is -3.70. The SMILES string of the molecule is C=C(O)C1(C)CCc2ccc(S(=O)(=O)N3[C@H](C)CN(c4ccc(C)cn4)C[C@@H]3C)cc21. The predicted molar refractivity (Wildman–Crippen MR) is 123 cm³/mol. The molecule has 2 aliphatic rings. The van der Waals surface area contributed by atoms with Crippen LogP contribution in [-0.4, -0.2) is 48.0 Å². The van der Waals surface area contributed by atoms with E-state index >= 15 is 0 Å². The minimum atomic E-state index is -3.70. The second-order valence-corrected chi connectivity index (χ2v) is 11.1. The van der Waals surface area contributed by atoms with E-state index < -0.39 is 15.4 Å². The van der Waals surface area contributed by atoms with Gasteiger partial charge in [-0.15, -0.1) is 0 Å². The summed E-state index contributed by atoms with van der Waals surface area (Å²) >= 11 is 0. The number of allylic oxidation sites excluding steroid dienone is 1. The Morgan fingerprint density at radius 3 is 2.45 bits per heavy atom. The third-order valence-electron chi connectivity index (χ3n) is 6.84. The Balaban J connectivity index is 1.64. The number of aliphatic hydroxyl groups excluding tert-OH is 1. The molecule has 1 fully saturated rings. The molecular weight excluding hydrogens is 410 g/mol. The van der Waals surface area contributed by atoms with E-state index in [1.165, 1.54) is 0 Å². The Hall–Kier alpha value is -2.38. The highest BCUT2D eigenvalue weighted by molar-refractivity contribution is 7.89. The van der Waals surface area contributed by atoms with Crippen LogP contribution in [0, 0.1) is 6.92 Å². The molecular formula is C24H31N3O3S. The van der Waals surface area contributed by atoms with Crippen LogP contribution < -0.4 is 4.90 Å². The molecule has 166 valence electrons. The first-order valence-corrected chi connectivity index (χ1v) is 12.2. The number of nitrogens with zero attached hydrogens (tertiary/aromatic N) is 3. The summed E-state index contributed by atoms with van der Waals surface area (Å²) in [6.07, 6.45) is 3.38. The molecule has 1 aromatic heterocycles. The molecule has 1 N–H and O–H groups in total. The lowest BCUT2D eigenvalue weighted by molar-refractivity contribution is 0.240. The van der Waals surface area contributed by atoms with Gasteiger partial charge in [0.1, 0.15) is 5.82 Å². The lowest BCUT2D eigenvalue weighted by atomic mass is 9.82. The monoisotopic (exact) mass is 441 g/mol. The molecule has 2 heterocycles. The summed E-state index contributed by atoms with van der Waals surface area (Å²) in [6.45, 7) is 12.7. The van der Waals surface area contributed by atoms with Crippen LogP contribution in [0.2, 0.25) is 0 Å². The molecule has 6 nitrogen and oxygen atoms in total. The molecule has 0 saturated carbocycles. The molecule has 0 radical (unpaired) electrons. The largest absolute Gasteiger partial charge is 0.512 e. The molecule has 1 aliphatic carbocycles. The second-order valence-electron chi connectivity index (χ2n) is 9.23. The number of rotatable bonds is 4. The Kier molecular flexibility index (Phi) is 5.38. The molecule has 2 aromatic rings. The molecule has 1 saturated heterocycles. The zero-order valence-electron chi connectivity index (χ0n) is 18.7. The van der Waals surface area contributed by atoms with E-state index in [-0.39, 0.29) is 22.7 Å². The fourth-order valence-corrected chi connectivity index (χ4v) is 6.84. The first-order valence-electron chi connectivity index (χ1n) is 10.8. The van der Waals surface area contributed by atoms with Gasteiger partial charge in [-0.05, 0) is 75.4 Å². The van der Waals surface area contributed by atoms with Crippen molar-refractivity contribution in [3.05, 3.63) is 65.6 Å². The van der Waals surface area contributed by atoms with Crippen molar-refractivity contribution in [2.75, 3.05) is 18.0 Å². The van der Waals surface area contributed by atoms with E-state index in [4.69, 9.17) is 0 Å². The van der Waals surface area contributed by atoms with Crippen molar-refractivity contribution in [1.82, 2.24) is 9.29 Å². The number of aliphatic hydroxyl groups is 1. The van der Waals surface area contributed by atoms with Crippen molar-refractivity contribution in [2.45, 2.75) is 62.9 Å². The van der Waals surface area contributed by atoms with Gasteiger partial charge in [-0.25, -0.2) is 13.4 Å². The number of sulfonamides is 1. The number of anilines is 1. The molecule has 4 rings (SSSR count). The summed E-state index contributed by atoms with van der Waals surface area (Å²) < 4.78 is 29.0. The number of benzene rings is 1. The van der Waals surface area contributed by atoms with Gasteiger partial charge in [0.15, 0.2) is 0 Å². The zero-order valence-corrected chi connectivity index (χ0v) is 19.5. The Morgan fingerprint density at radius 1 is 1.19 bits per heavy atom. The van der Waals surface area contributed by atoms with Crippen LogP contribution in [0.1, 0.15) is 43.9 Å². The average Bonchev–Trinajstić information content (AvgIpc) is 3.05. The number of piperazine rings is 1. The second kappa shape index (κ2) is 7.64. The molecule has 0 spiro atoms. The van der Waals surface area contributed by atoms with Crippen molar-refractivity contribution in [3.8, 4) is 0 Å². The third kappa shape index (κ3) is 3.64.